The van der Waals surface area contributed by atoms with Crippen molar-refractivity contribution in [1.29, 1.82) is 0 Å². The Hall–Kier alpha value is -3.80. The number of hydrogen-bond donors (Lipinski definition) is 3. The summed E-state index contributed by atoms with van der Waals surface area (Å²) in [5, 5.41) is 9.00. The second kappa shape index (κ2) is 8.86. The molecule has 2 aromatic rings. The van der Waals surface area contributed by atoms with E-state index in [1.807, 2.05) is 0 Å². The van der Waals surface area contributed by atoms with E-state index in [1.54, 1.807) is 24.1 Å². The number of halogens is 1. The van der Waals surface area contributed by atoms with E-state index in [4.69, 9.17) is 13.9 Å². The van der Waals surface area contributed by atoms with Gasteiger partial charge in [0, 0.05) is 12.6 Å². The number of hydrogen-bond acceptors (Lipinski definition) is 8. The van der Waals surface area contributed by atoms with Crippen LogP contribution in [-0.4, -0.2) is 60.0 Å². The number of aryl methyl sites for hydroxylation is 1. The molecule has 0 radical (unpaired) electrons. The number of carbonyl (C=O) groups is 2. The molecule has 1 saturated heterocycles. The third kappa shape index (κ3) is 4.12. The number of aromatic nitrogens is 1. The van der Waals surface area contributed by atoms with Crippen LogP contribution < -0.4 is 21.7 Å². The van der Waals surface area contributed by atoms with E-state index in [1.165, 1.54) is 16.7 Å². The molecule has 3 N–H and O–H groups in total. The Balaban J connectivity index is 1.11. The zero-order chi connectivity index (χ0) is 23.8. The monoisotopic (exact) mass is 473 g/mol. The number of benzene rings is 1. The Kier molecular flexibility index (Phi) is 5.74. The lowest BCUT2D eigenvalue weighted by Gasteiger charge is -2.31. The van der Waals surface area contributed by atoms with Gasteiger partial charge in [-0.15, -0.1) is 0 Å². The smallest absolute Gasteiger partial charge is 0.419 e. The molecule has 1 aromatic heterocycles. The molecule has 3 aliphatic heterocycles. The quantitative estimate of drug-likeness (QED) is 0.494. The van der Waals surface area contributed by atoms with Crippen molar-refractivity contribution < 1.29 is 27.9 Å². The van der Waals surface area contributed by atoms with Gasteiger partial charge in [-0.2, -0.15) is 0 Å². The van der Waals surface area contributed by atoms with Crippen LogP contribution in [0.25, 0.3) is 11.1 Å². The standard InChI is InChI=1S/C22H24FN5O6/c1-27-19-13(14(23)2-3-15(19)34-21(27)30)7-9-24-8-6-12-10-28(22(31)33-12)17-5-4-16-20(25-17)26-18(29)11-32-16/h2-5,12,17,24-25H,6-11H2,1H3,(H,26,29). The molecule has 1 aromatic carbocycles. The third-order valence-electron chi connectivity index (χ3n) is 6.02. The molecule has 2 amide bonds. The molecule has 4 heterocycles. The van der Waals surface area contributed by atoms with Crippen molar-refractivity contribution in [3.63, 3.8) is 0 Å². The molecule has 0 aliphatic carbocycles. The molecular formula is C22H24FN5O6. The molecule has 11 nitrogen and oxygen atoms in total. The second-order valence-corrected chi connectivity index (χ2v) is 8.27. The van der Waals surface area contributed by atoms with Gasteiger partial charge < -0.3 is 29.8 Å². The summed E-state index contributed by atoms with van der Waals surface area (Å²) in [6.07, 6.45) is 3.21. The SMILES string of the molecule is Cn1c(=O)oc2ccc(F)c(CCNCCC3CN(C4C=CC5=C(NC(=O)CO5)N4)C(=O)O3)c21. The lowest BCUT2D eigenvalue weighted by molar-refractivity contribution is -0.125. The Labute approximate surface area is 193 Å². The summed E-state index contributed by atoms with van der Waals surface area (Å²) >= 11 is 0. The number of nitrogens with one attached hydrogen (secondary N) is 3. The van der Waals surface area contributed by atoms with Crippen LogP contribution in [0.4, 0.5) is 9.18 Å². The number of amides is 2. The molecule has 34 heavy (non-hydrogen) atoms. The number of cyclic esters (lactones) is 1. The summed E-state index contributed by atoms with van der Waals surface area (Å²) in [7, 11) is 1.55. The minimum atomic E-state index is -0.532. The second-order valence-electron chi connectivity index (χ2n) is 8.27. The van der Waals surface area contributed by atoms with Crippen molar-refractivity contribution in [1.82, 2.24) is 25.4 Å². The van der Waals surface area contributed by atoms with Gasteiger partial charge in [-0.1, -0.05) is 0 Å². The van der Waals surface area contributed by atoms with Crippen LogP contribution >= 0.6 is 0 Å². The van der Waals surface area contributed by atoms with Gasteiger partial charge in [0.05, 0.1) is 12.1 Å². The van der Waals surface area contributed by atoms with Gasteiger partial charge in [-0.05, 0) is 50.2 Å². The molecule has 1 fully saturated rings. The van der Waals surface area contributed by atoms with Crippen molar-refractivity contribution in [3.05, 3.63) is 57.8 Å². The van der Waals surface area contributed by atoms with Crippen LogP contribution in [-0.2, 0) is 27.7 Å². The fourth-order valence-corrected chi connectivity index (χ4v) is 4.30. The van der Waals surface area contributed by atoms with Crippen molar-refractivity contribution >= 4 is 23.1 Å². The summed E-state index contributed by atoms with van der Waals surface area (Å²) < 4.78 is 31.6. The van der Waals surface area contributed by atoms with E-state index in [9.17, 15) is 18.8 Å². The summed E-state index contributed by atoms with van der Waals surface area (Å²) in [4.78, 5) is 37.2. The molecule has 12 heteroatoms. The lowest BCUT2D eigenvalue weighted by Crippen LogP contribution is -2.51. The normalized spacial score (nSPS) is 21.9. The van der Waals surface area contributed by atoms with Gasteiger partial charge in [-0.25, -0.2) is 14.0 Å². The number of dihydropyridines is 1. The average Bonchev–Trinajstić information content (AvgIpc) is 3.33. The predicted octanol–water partition coefficient (Wildman–Crippen LogP) is 0.415. The summed E-state index contributed by atoms with van der Waals surface area (Å²) in [5.74, 6) is -0.238. The molecule has 2 atom stereocenters. The van der Waals surface area contributed by atoms with Crippen molar-refractivity contribution in [3.8, 4) is 0 Å². The average molecular weight is 473 g/mol. The van der Waals surface area contributed by atoms with Crippen LogP contribution in [0.2, 0.25) is 0 Å². The van der Waals surface area contributed by atoms with Crippen LogP contribution in [0.15, 0.2) is 45.1 Å². The van der Waals surface area contributed by atoms with Crippen LogP contribution in [0.5, 0.6) is 0 Å². The largest absolute Gasteiger partial charge is 0.480 e. The zero-order valence-electron chi connectivity index (χ0n) is 18.4. The van der Waals surface area contributed by atoms with E-state index in [0.717, 1.165) is 0 Å². The highest BCUT2D eigenvalue weighted by Gasteiger charge is 2.37. The molecule has 2 unspecified atom stereocenters. The number of rotatable bonds is 7. The van der Waals surface area contributed by atoms with Gasteiger partial charge in [0.1, 0.15) is 18.1 Å². The Morgan fingerprint density at radius 3 is 2.94 bits per heavy atom. The van der Waals surface area contributed by atoms with Crippen LogP contribution in [0.3, 0.4) is 0 Å². The number of oxazole rings is 1. The maximum Gasteiger partial charge on any atom is 0.419 e. The van der Waals surface area contributed by atoms with Crippen LogP contribution in [0, 0.1) is 5.82 Å². The third-order valence-corrected chi connectivity index (χ3v) is 6.02. The first-order chi connectivity index (χ1) is 16.4. The molecule has 0 saturated carbocycles. The van der Waals surface area contributed by atoms with Crippen molar-refractivity contribution in [2.24, 2.45) is 7.05 Å². The van der Waals surface area contributed by atoms with E-state index in [2.05, 4.69) is 16.0 Å². The number of allylic oxidation sites excluding steroid dienone is 1. The minimum absolute atomic E-state index is 0.0433. The molecule has 0 spiro atoms. The minimum Gasteiger partial charge on any atom is -0.480 e. The highest BCUT2D eigenvalue weighted by molar-refractivity contribution is 5.80. The molecular weight excluding hydrogens is 449 g/mol. The summed E-state index contributed by atoms with van der Waals surface area (Å²) in [5.41, 5.74) is 1.23. The van der Waals surface area contributed by atoms with Gasteiger partial charge >= 0.3 is 11.8 Å². The number of fused-ring (bicyclic) bond motifs is 1. The molecule has 0 bridgehead atoms. The molecule has 180 valence electrons. The zero-order valence-corrected chi connectivity index (χ0v) is 18.4. The Morgan fingerprint density at radius 1 is 1.24 bits per heavy atom. The number of ether oxygens (including phenoxy) is 2. The predicted molar refractivity (Wildman–Crippen MR) is 117 cm³/mol. The van der Waals surface area contributed by atoms with E-state index < -0.39 is 23.8 Å². The molecule has 3 aliphatic rings. The van der Waals surface area contributed by atoms with Gasteiger partial charge in [-0.3, -0.25) is 14.3 Å². The molecule has 5 rings (SSSR count). The van der Waals surface area contributed by atoms with Gasteiger partial charge in [0.2, 0.25) is 0 Å². The van der Waals surface area contributed by atoms with Crippen molar-refractivity contribution in [2.45, 2.75) is 25.1 Å². The summed E-state index contributed by atoms with van der Waals surface area (Å²) in [6, 6.07) is 2.75. The topological polar surface area (TPSA) is 127 Å². The first kappa shape index (κ1) is 22.0. The fraction of sp³-hybridized carbons (Fsp3) is 0.409. The van der Waals surface area contributed by atoms with Crippen molar-refractivity contribution in [2.75, 3.05) is 26.2 Å². The highest BCUT2D eigenvalue weighted by Crippen LogP contribution is 2.22. The first-order valence-electron chi connectivity index (χ1n) is 11.0. The van der Waals surface area contributed by atoms with E-state index >= 15 is 0 Å². The maximum atomic E-state index is 14.4. The number of carbonyl (C=O) groups excluding carboxylic acids is 2. The van der Waals surface area contributed by atoms with E-state index in [-0.39, 0.29) is 18.6 Å². The Bertz CT molecular complexity index is 1260. The number of nitrogens with zero attached hydrogens (tertiary/aromatic N) is 2. The maximum absolute atomic E-state index is 14.4. The Morgan fingerprint density at radius 2 is 2.09 bits per heavy atom. The lowest BCUT2D eigenvalue weighted by atomic mass is 10.1. The van der Waals surface area contributed by atoms with Crippen LogP contribution in [0.1, 0.15) is 12.0 Å². The first-order valence-corrected chi connectivity index (χ1v) is 11.0. The highest BCUT2D eigenvalue weighted by atomic mass is 19.1. The fourth-order valence-electron chi connectivity index (χ4n) is 4.30. The van der Waals surface area contributed by atoms with Gasteiger partial charge in [0.25, 0.3) is 5.91 Å². The summed E-state index contributed by atoms with van der Waals surface area (Å²) in [6.45, 7) is 1.37. The van der Waals surface area contributed by atoms with Gasteiger partial charge in [0.15, 0.2) is 23.8 Å². The van der Waals surface area contributed by atoms with E-state index in [0.29, 0.717) is 60.7 Å².